The van der Waals surface area contributed by atoms with Gasteiger partial charge in [-0.1, -0.05) is 41.4 Å². The van der Waals surface area contributed by atoms with Crippen LogP contribution in [0.1, 0.15) is 34.3 Å². The van der Waals surface area contributed by atoms with Crippen molar-refractivity contribution in [3.8, 4) is 6.07 Å². The first-order chi connectivity index (χ1) is 21.5. The molecule has 0 saturated carbocycles. The molecule has 2 saturated heterocycles. The summed E-state index contributed by atoms with van der Waals surface area (Å²) in [4.78, 5) is 44.3. The highest BCUT2D eigenvalue weighted by Crippen LogP contribution is 2.31. The van der Waals surface area contributed by atoms with Gasteiger partial charge < -0.3 is 15.7 Å². The topological polar surface area (TPSA) is 173 Å². The molecule has 45 heavy (non-hydrogen) atoms. The molecule has 15 heteroatoms. The van der Waals surface area contributed by atoms with E-state index in [-0.39, 0.29) is 51.5 Å². The van der Waals surface area contributed by atoms with E-state index in [1.165, 1.54) is 36.7 Å². The molecule has 3 aromatic rings. The minimum Gasteiger partial charge on any atom is -0.480 e. The summed E-state index contributed by atoms with van der Waals surface area (Å²) in [5.74, 6) is -2.57. The van der Waals surface area contributed by atoms with Crippen molar-refractivity contribution in [1.29, 1.82) is 5.26 Å². The van der Waals surface area contributed by atoms with E-state index in [1.54, 1.807) is 24.3 Å². The number of carboxylic acid groups (broad SMARTS) is 1. The molecule has 3 heterocycles. The van der Waals surface area contributed by atoms with Crippen molar-refractivity contribution in [1.82, 2.24) is 19.5 Å². The van der Waals surface area contributed by atoms with Crippen LogP contribution < -0.4 is 10.6 Å². The number of hydrogen-bond acceptors (Lipinski definition) is 8. The fourth-order valence-electron chi connectivity index (χ4n) is 5.37. The highest BCUT2D eigenvalue weighted by molar-refractivity contribution is 7.89. The first-order valence-corrected chi connectivity index (χ1v) is 16.2. The van der Waals surface area contributed by atoms with Crippen LogP contribution in [0, 0.1) is 11.3 Å². The third kappa shape index (κ3) is 7.11. The SMILES string of the molecule is N#Cc1cccc(S(=O)(=O)N2C[C@H](N3CCC3)C[C@@H]2C(=O)N[C@@H](Cc2ccc(NC(=O)c3c(Cl)cncc3Cl)cc2)C(=O)O)c1. The number of amides is 2. The number of halogens is 2. The molecule has 0 unspecified atom stereocenters. The van der Waals surface area contributed by atoms with Crippen LogP contribution in [-0.4, -0.2) is 83.3 Å². The Labute approximate surface area is 269 Å². The van der Waals surface area contributed by atoms with E-state index in [9.17, 15) is 33.2 Å². The number of anilines is 1. The minimum atomic E-state index is -4.18. The van der Waals surface area contributed by atoms with Crippen molar-refractivity contribution in [3.05, 3.63) is 87.7 Å². The Morgan fingerprint density at radius 1 is 1.09 bits per heavy atom. The van der Waals surface area contributed by atoms with Crippen LogP contribution in [0.5, 0.6) is 0 Å². The Hall–Kier alpha value is -4.06. The van der Waals surface area contributed by atoms with E-state index >= 15 is 0 Å². The van der Waals surface area contributed by atoms with Crippen LogP contribution in [0.3, 0.4) is 0 Å². The summed E-state index contributed by atoms with van der Waals surface area (Å²) < 4.78 is 28.5. The molecule has 12 nitrogen and oxygen atoms in total. The van der Waals surface area contributed by atoms with E-state index in [1.807, 2.05) is 6.07 Å². The van der Waals surface area contributed by atoms with E-state index in [0.717, 1.165) is 23.8 Å². The van der Waals surface area contributed by atoms with E-state index < -0.39 is 39.9 Å². The summed E-state index contributed by atoms with van der Waals surface area (Å²) in [5, 5.41) is 24.6. The Morgan fingerprint density at radius 3 is 2.38 bits per heavy atom. The van der Waals surface area contributed by atoms with Gasteiger partial charge in [0.25, 0.3) is 5.91 Å². The molecule has 0 radical (unpaired) electrons. The first-order valence-electron chi connectivity index (χ1n) is 14.0. The highest BCUT2D eigenvalue weighted by Gasteiger charge is 2.47. The number of sulfonamides is 1. The zero-order chi connectivity index (χ0) is 32.3. The van der Waals surface area contributed by atoms with Crippen molar-refractivity contribution in [2.24, 2.45) is 0 Å². The number of carbonyl (C=O) groups excluding carboxylic acids is 2. The maximum absolute atomic E-state index is 13.7. The van der Waals surface area contributed by atoms with E-state index in [0.29, 0.717) is 11.3 Å². The lowest BCUT2D eigenvalue weighted by Crippen LogP contribution is -2.51. The second-order valence-electron chi connectivity index (χ2n) is 10.7. The van der Waals surface area contributed by atoms with Crippen LogP contribution >= 0.6 is 23.2 Å². The number of rotatable bonds is 10. The summed E-state index contributed by atoms with van der Waals surface area (Å²) in [6.45, 7) is 1.64. The van der Waals surface area contributed by atoms with Crippen molar-refractivity contribution < 1.29 is 27.9 Å². The van der Waals surface area contributed by atoms with E-state index in [2.05, 4.69) is 20.5 Å². The maximum Gasteiger partial charge on any atom is 0.326 e. The van der Waals surface area contributed by atoms with Gasteiger partial charge in [-0.15, -0.1) is 0 Å². The number of nitrogens with zero attached hydrogens (tertiary/aromatic N) is 4. The van der Waals surface area contributed by atoms with Gasteiger partial charge in [0.15, 0.2) is 0 Å². The smallest absolute Gasteiger partial charge is 0.326 e. The van der Waals surface area contributed by atoms with Crippen molar-refractivity contribution in [2.45, 2.75) is 42.3 Å². The highest BCUT2D eigenvalue weighted by atomic mass is 35.5. The molecule has 0 aliphatic carbocycles. The van der Waals surface area contributed by atoms with Crippen LogP contribution in [0.15, 0.2) is 65.8 Å². The third-order valence-corrected chi connectivity index (χ3v) is 10.3. The molecule has 0 spiro atoms. The van der Waals surface area contributed by atoms with Gasteiger partial charge in [-0.3, -0.25) is 19.5 Å². The van der Waals surface area contributed by atoms with Crippen molar-refractivity contribution in [2.75, 3.05) is 25.0 Å². The Kier molecular flexibility index (Phi) is 9.71. The molecular formula is C30H28Cl2N6O6S. The summed E-state index contributed by atoms with van der Waals surface area (Å²) in [7, 11) is -4.18. The number of carbonyl (C=O) groups is 3. The largest absolute Gasteiger partial charge is 0.480 e. The monoisotopic (exact) mass is 670 g/mol. The van der Waals surface area contributed by atoms with Crippen LogP contribution in [0.4, 0.5) is 5.69 Å². The maximum atomic E-state index is 13.7. The zero-order valence-corrected chi connectivity index (χ0v) is 26.0. The molecule has 0 bridgehead atoms. The number of nitrogens with one attached hydrogen (secondary N) is 2. The third-order valence-electron chi connectivity index (χ3n) is 7.86. The predicted octanol–water partition coefficient (Wildman–Crippen LogP) is 3.16. The van der Waals surface area contributed by atoms with E-state index in [4.69, 9.17) is 23.2 Å². The second kappa shape index (κ2) is 13.5. The van der Waals surface area contributed by atoms with Crippen LogP contribution in [-0.2, 0) is 26.0 Å². The van der Waals surface area contributed by atoms with Gasteiger partial charge in [0.05, 0.1) is 32.1 Å². The van der Waals surface area contributed by atoms with Gasteiger partial charge in [0.1, 0.15) is 12.1 Å². The minimum absolute atomic E-state index is 0.0585. The van der Waals surface area contributed by atoms with Crippen LogP contribution in [0.2, 0.25) is 10.0 Å². The molecule has 2 fully saturated rings. The zero-order valence-electron chi connectivity index (χ0n) is 23.7. The average molecular weight is 672 g/mol. The van der Waals surface area contributed by atoms with Gasteiger partial charge in [0, 0.05) is 37.1 Å². The standard InChI is InChI=1S/C30H28Cl2N6O6S/c31-23-15-34-16-24(32)27(23)29(40)35-20-7-5-18(6-8-20)12-25(30(41)42)36-28(39)26-13-21(37-9-2-10-37)17-38(26)45(43,44)22-4-1-3-19(11-22)14-33/h1,3-8,11,15-16,21,25-26H,2,9-10,12-13,17H2,(H,35,40)(H,36,39)(H,41,42)/t21-,25+,26-/m1/s1. The Bertz CT molecular complexity index is 1760. The van der Waals surface area contributed by atoms with Gasteiger partial charge in [0.2, 0.25) is 15.9 Å². The molecule has 3 N–H and O–H groups in total. The molecule has 234 valence electrons. The number of benzene rings is 2. The first kappa shape index (κ1) is 32.3. The van der Waals surface area contributed by atoms with Crippen molar-refractivity contribution in [3.63, 3.8) is 0 Å². The molecule has 2 aliphatic rings. The lowest BCUT2D eigenvalue weighted by Gasteiger charge is -2.36. The summed E-state index contributed by atoms with van der Waals surface area (Å²) >= 11 is 12.1. The predicted molar refractivity (Wildman–Crippen MR) is 165 cm³/mol. The molecule has 2 aliphatic heterocycles. The number of aromatic nitrogens is 1. The number of nitriles is 1. The molecule has 3 atom stereocenters. The fourth-order valence-corrected chi connectivity index (χ4v) is 7.59. The van der Waals surface area contributed by atoms with Gasteiger partial charge in [-0.25, -0.2) is 13.2 Å². The Balaban J connectivity index is 1.30. The van der Waals surface area contributed by atoms with Gasteiger partial charge in [-0.05, 0) is 61.8 Å². The second-order valence-corrected chi connectivity index (χ2v) is 13.4. The normalized spacial score (nSPS) is 19.2. The molecule has 2 amide bonds. The molecule has 5 rings (SSSR count). The molecular weight excluding hydrogens is 643 g/mol. The number of pyridine rings is 1. The number of hydrogen-bond donors (Lipinski definition) is 3. The number of likely N-dealkylation sites (tertiary alicyclic amines) is 1. The molecule has 1 aromatic heterocycles. The molecule has 2 aromatic carbocycles. The summed E-state index contributed by atoms with van der Waals surface area (Å²) in [5.41, 5.74) is 1.16. The number of aliphatic carboxylic acids is 1. The van der Waals surface area contributed by atoms with Gasteiger partial charge in [-0.2, -0.15) is 9.57 Å². The van der Waals surface area contributed by atoms with Gasteiger partial charge >= 0.3 is 5.97 Å². The quantitative estimate of drug-likeness (QED) is 0.293. The summed E-state index contributed by atoms with van der Waals surface area (Å²) in [6.07, 6.45) is 3.66. The van der Waals surface area contributed by atoms with Crippen molar-refractivity contribution >= 4 is 56.7 Å². The Morgan fingerprint density at radius 2 is 1.78 bits per heavy atom. The fraction of sp³-hybridized carbons (Fsp3) is 0.300. The summed E-state index contributed by atoms with van der Waals surface area (Å²) in [6, 6.07) is 11.1. The average Bonchev–Trinajstić information content (AvgIpc) is 3.42. The lowest BCUT2D eigenvalue weighted by molar-refractivity contribution is -0.142. The number of carboxylic acids is 1. The lowest BCUT2D eigenvalue weighted by atomic mass is 10.0. The van der Waals surface area contributed by atoms with Crippen LogP contribution in [0.25, 0.3) is 0 Å².